The highest BCUT2D eigenvalue weighted by Crippen LogP contribution is 2.32. The standard InChI is InChI=1S/C14H20O3/c1-2-3-6-9-16-13-10-17-12-8-5-4-7-11(12)14(13)15/h4-5,7-8,13-15H,2-3,6,9-10H2,1H3. The minimum atomic E-state index is -0.568. The number of hydrogen-bond donors (Lipinski definition) is 1. The second-order valence-corrected chi connectivity index (χ2v) is 4.41. The molecule has 1 aromatic rings. The lowest BCUT2D eigenvalue weighted by Gasteiger charge is -2.30. The van der Waals surface area contributed by atoms with Crippen LogP contribution in [0.4, 0.5) is 0 Å². The largest absolute Gasteiger partial charge is 0.490 e. The molecule has 1 heterocycles. The van der Waals surface area contributed by atoms with E-state index in [0.717, 1.165) is 17.7 Å². The number of aliphatic hydroxyl groups excluding tert-OH is 1. The van der Waals surface area contributed by atoms with E-state index in [2.05, 4.69) is 6.92 Å². The number of hydrogen-bond acceptors (Lipinski definition) is 3. The molecule has 0 radical (unpaired) electrons. The van der Waals surface area contributed by atoms with E-state index in [4.69, 9.17) is 9.47 Å². The van der Waals surface area contributed by atoms with Crippen LogP contribution in [0.3, 0.4) is 0 Å². The molecule has 0 fully saturated rings. The van der Waals surface area contributed by atoms with E-state index in [0.29, 0.717) is 13.2 Å². The van der Waals surface area contributed by atoms with Gasteiger partial charge in [-0.15, -0.1) is 0 Å². The van der Waals surface area contributed by atoms with Gasteiger partial charge >= 0.3 is 0 Å². The van der Waals surface area contributed by atoms with Gasteiger partial charge in [-0.3, -0.25) is 0 Å². The van der Waals surface area contributed by atoms with Crippen molar-refractivity contribution in [2.24, 2.45) is 0 Å². The van der Waals surface area contributed by atoms with Gasteiger partial charge in [0.2, 0.25) is 0 Å². The Bertz CT molecular complexity index is 351. The van der Waals surface area contributed by atoms with Crippen molar-refractivity contribution in [3.63, 3.8) is 0 Å². The summed E-state index contributed by atoms with van der Waals surface area (Å²) in [7, 11) is 0. The molecule has 1 N–H and O–H groups in total. The van der Waals surface area contributed by atoms with Gasteiger partial charge in [0.25, 0.3) is 0 Å². The van der Waals surface area contributed by atoms with Crippen molar-refractivity contribution >= 4 is 0 Å². The summed E-state index contributed by atoms with van der Waals surface area (Å²) in [5.74, 6) is 0.772. The van der Waals surface area contributed by atoms with E-state index < -0.39 is 6.10 Å². The lowest BCUT2D eigenvalue weighted by atomic mass is 10.0. The SMILES string of the molecule is CCCCCOC1COc2ccccc2C1O. The van der Waals surface area contributed by atoms with E-state index >= 15 is 0 Å². The van der Waals surface area contributed by atoms with E-state index in [1.165, 1.54) is 12.8 Å². The van der Waals surface area contributed by atoms with E-state index in [-0.39, 0.29) is 6.10 Å². The zero-order valence-corrected chi connectivity index (χ0v) is 10.3. The first-order chi connectivity index (χ1) is 8.33. The van der Waals surface area contributed by atoms with E-state index in [1.54, 1.807) is 0 Å². The highest BCUT2D eigenvalue weighted by atomic mass is 16.5. The van der Waals surface area contributed by atoms with Crippen LogP contribution in [-0.2, 0) is 4.74 Å². The number of para-hydroxylation sites is 1. The molecule has 3 nitrogen and oxygen atoms in total. The lowest BCUT2D eigenvalue weighted by molar-refractivity contribution is -0.0728. The van der Waals surface area contributed by atoms with Gasteiger partial charge in [-0.2, -0.15) is 0 Å². The quantitative estimate of drug-likeness (QED) is 0.799. The first kappa shape index (κ1) is 12.4. The Morgan fingerprint density at radius 1 is 1.35 bits per heavy atom. The van der Waals surface area contributed by atoms with Crippen molar-refractivity contribution in [1.29, 1.82) is 0 Å². The van der Waals surface area contributed by atoms with Crippen molar-refractivity contribution in [2.45, 2.75) is 38.4 Å². The monoisotopic (exact) mass is 236 g/mol. The average molecular weight is 236 g/mol. The highest BCUT2D eigenvalue weighted by Gasteiger charge is 2.29. The number of benzene rings is 1. The predicted molar refractivity (Wildman–Crippen MR) is 66.2 cm³/mol. The molecule has 1 aromatic carbocycles. The second-order valence-electron chi connectivity index (χ2n) is 4.41. The van der Waals surface area contributed by atoms with Crippen LogP contribution in [0.5, 0.6) is 5.75 Å². The summed E-state index contributed by atoms with van der Waals surface area (Å²) < 4.78 is 11.3. The van der Waals surface area contributed by atoms with Crippen LogP contribution in [0.15, 0.2) is 24.3 Å². The highest BCUT2D eigenvalue weighted by molar-refractivity contribution is 5.37. The van der Waals surface area contributed by atoms with Gasteiger partial charge in [0.1, 0.15) is 24.6 Å². The lowest BCUT2D eigenvalue weighted by Crippen LogP contribution is -2.33. The zero-order valence-electron chi connectivity index (χ0n) is 10.3. The average Bonchev–Trinajstić information content (AvgIpc) is 2.37. The fraction of sp³-hybridized carbons (Fsp3) is 0.571. The van der Waals surface area contributed by atoms with Crippen molar-refractivity contribution < 1.29 is 14.6 Å². The predicted octanol–water partition coefficient (Wildman–Crippen LogP) is 2.69. The summed E-state index contributed by atoms with van der Waals surface area (Å²) >= 11 is 0. The van der Waals surface area contributed by atoms with Crippen LogP contribution in [0, 0.1) is 0 Å². The molecular formula is C14H20O3. The first-order valence-corrected chi connectivity index (χ1v) is 6.34. The zero-order chi connectivity index (χ0) is 12.1. The smallest absolute Gasteiger partial charge is 0.125 e. The van der Waals surface area contributed by atoms with Crippen LogP contribution in [-0.4, -0.2) is 24.4 Å². The Morgan fingerprint density at radius 3 is 3.00 bits per heavy atom. The fourth-order valence-corrected chi connectivity index (χ4v) is 2.05. The van der Waals surface area contributed by atoms with Crippen LogP contribution >= 0.6 is 0 Å². The summed E-state index contributed by atoms with van der Waals surface area (Å²) in [5, 5.41) is 10.2. The van der Waals surface area contributed by atoms with E-state index in [1.807, 2.05) is 24.3 Å². The minimum absolute atomic E-state index is 0.234. The third kappa shape index (κ3) is 2.99. The van der Waals surface area contributed by atoms with Crippen molar-refractivity contribution in [3.8, 4) is 5.75 Å². The molecule has 0 spiro atoms. The van der Waals surface area contributed by atoms with Crippen LogP contribution in [0.1, 0.15) is 37.9 Å². The molecule has 3 heteroatoms. The van der Waals surface area contributed by atoms with Crippen LogP contribution < -0.4 is 4.74 Å². The van der Waals surface area contributed by atoms with Gasteiger partial charge in [-0.1, -0.05) is 38.0 Å². The minimum Gasteiger partial charge on any atom is -0.490 e. The fourth-order valence-electron chi connectivity index (χ4n) is 2.05. The Morgan fingerprint density at radius 2 is 2.18 bits per heavy atom. The van der Waals surface area contributed by atoms with Gasteiger partial charge in [-0.25, -0.2) is 0 Å². The number of aliphatic hydroxyl groups is 1. The Labute approximate surface area is 102 Å². The molecule has 1 aliphatic rings. The molecular weight excluding hydrogens is 216 g/mol. The van der Waals surface area contributed by atoms with Crippen LogP contribution in [0.25, 0.3) is 0 Å². The Balaban J connectivity index is 1.90. The van der Waals surface area contributed by atoms with E-state index in [9.17, 15) is 5.11 Å². The number of rotatable bonds is 5. The summed E-state index contributed by atoms with van der Waals surface area (Å²) in [5.41, 5.74) is 0.833. The van der Waals surface area contributed by atoms with Crippen molar-refractivity contribution in [3.05, 3.63) is 29.8 Å². The maximum atomic E-state index is 10.2. The molecule has 2 unspecified atom stereocenters. The molecule has 17 heavy (non-hydrogen) atoms. The third-order valence-electron chi connectivity index (χ3n) is 3.07. The van der Waals surface area contributed by atoms with Gasteiger partial charge in [0.05, 0.1) is 0 Å². The Kier molecular flexibility index (Phi) is 4.40. The van der Waals surface area contributed by atoms with Crippen molar-refractivity contribution in [1.82, 2.24) is 0 Å². The number of unbranched alkanes of at least 4 members (excludes halogenated alkanes) is 2. The summed E-state index contributed by atoms with van der Waals surface area (Å²) in [6.45, 7) is 3.29. The first-order valence-electron chi connectivity index (χ1n) is 6.34. The number of ether oxygens (including phenoxy) is 2. The molecule has 0 amide bonds. The van der Waals surface area contributed by atoms with Gasteiger partial charge in [0, 0.05) is 12.2 Å². The van der Waals surface area contributed by atoms with Gasteiger partial charge in [-0.05, 0) is 12.5 Å². The third-order valence-corrected chi connectivity index (χ3v) is 3.07. The topological polar surface area (TPSA) is 38.7 Å². The maximum absolute atomic E-state index is 10.2. The summed E-state index contributed by atoms with van der Waals surface area (Å²) in [6.07, 6.45) is 2.58. The van der Waals surface area contributed by atoms with Gasteiger partial charge in [0.15, 0.2) is 0 Å². The molecule has 94 valence electrons. The molecule has 0 bridgehead atoms. The molecule has 0 aromatic heterocycles. The summed E-state index contributed by atoms with van der Waals surface area (Å²) in [4.78, 5) is 0. The molecule has 1 aliphatic heterocycles. The maximum Gasteiger partial charge on any atom is 0.125 e. The van der Waals surface area contributed by atoms with Crippen LogP contribution in [0.2, 0.25) is 0 Å². The summed E-state index contributed by atoms with van der Waals surface area (Å²) in [6, 6.07) is 7.59. The van der Waals surface area contributed by atoms with Gasteiger partial charge < -0.3 is 14.6 Å². The molecule has 0 saturated carbocycles. The Hall–Kier alpha value is -1.06. The molecule has 0 aliphatic carbocycles. The van der Waals surface area contributed by atoms with Crippen molar-refractivity contribution in [2.75, 3.05) is 13.2 Å². The normalized spacial score (nSPS) is 22.9. The molecule has 2 rings (SSSR count). The molecule has 0 saturated heterocycles. The molecule has 2 atom stereocenters. The second kappa shape index (κ2) is 6.03. The number of fused-ring (bicyclic) bond motifs is 1.